The fourth-order valence-corrected chi connectivity index (χ4v) is 3.91. The topological polar surface area (TPSA) is 79.4 Å². The van der Waals surface area contributed by atoms with Crippen molar-refractivity contribution in [3.05, 3.63) is 41.0 Å². The highest BCUT2D eigenvalue weighted by Crippen LogP contribution is 2.27. The average Bonchev–Trinajstić information content (AvgIpc) is 3.11. The van der Waals surface area contributed by atoms with Crippen molar-refractivity contribution < 1.29 is 9.90 Å². The fourth-order valence-electron chi connectivity index (χ4n) is 3.10. The Morgan fingerprint density at radius 3 is 2.78 bits per heavy atom. The lowest BCUT2D eigenvalue weighted by Gasteiger charge is -2.21. The molecule has 2 unspecified atom stereocenters. The number of nitrogens with two attached hydrogens (primary N) is 1. The Bertz CT molecular complexity index is 683. The normalized spacial score (nSPS) is 21.7. The molecule has 122 valence electrons. The van der Waals surface area contributed by atoms with Gasteiger partial charge in [0.05, 0.1) is 28.2 Å². The number of primary amides is 1. The molecular formula is C17H21N3O2S. The molecule has 0 bridgehead atoms. The second kappa shape index (κ2) is 6.78. The first-order valence-electron chi connectivity index (χ1n) is 7.75. The van der Waals surface area contributed by atoms with Crippen molar-refractivity contribution in [3.63, 3.8) is 0 Å². The van der Waals surface area contributed by atoms with Crippen LogP contribution in [0.2, 0.25) is 0 Å². The summed E-state index contributed by atoms with van der Waals surface area (Å²) in [5.74, 6) is -0.349. The predicted molar refractivity (Wildman–Crippen MR) is 91.2 cm³/mol. The van der Waals surface area contributed by atoms with Crippen LogP contribution >= 0.6 is 11.3 Å². The van der Waals surface area contributed by atoms with Crippen molar-refractivity contribution in [1.29, 1.82) is 0 Å². The number of thiazole rings is 1. The minimum Gasteiger partial charge on any atom is -0.392 e. The lowest BCUT2D eigenvalue weighted by molar-refractivity contribution is -0.122. The summed E-state index contributed by atoms with van der Waals surface area (Å²) in [5, 5.41) is 9.73. The van der Waals surface area contributed by atoms with E-state index in [0.717, 1.165) is 18.7 Å². The molecule has 0 spiro atoms. The first-order valence-corrected chi connectivity index (χ1v) is 8.63. The van der Waals surface area contributed by atoms with E-state index in [0.29, 0.717) is 13.0 Å². The van der Waals surface area contributed by atoms with E-state index in [1.807, 2.05) is 17.3 Å². The maximum atomic E-state index is 11.4. The third-order valence-electron chi connectivity index (χ3n) is 4.36. The van der Waals surface area contributed by atoms with Crippen LogP contribution in [0, 0.1) is 6.92 Å². The van der Waals surface area contributed by atoms with E-state index in [-0.39, 0.29) is 11.9 Å². The van der Waals surface area contributed by atoms with Gasteiger partial charge in [0.15, 0.2) is 0 Å². The van der Waals surface area contributed by atoms with Gasteiger partial charge in [-0.1, -0.05) is 24.3 Å². The lowest BCUT2D eigenvalue weighted by atomic mass is 10.1. The summed E-state index contributed by atoms with van der Waals surface area (Å²) in [6.45, 7) is 3.26. The minimum atomic E-state index is -0.454. The number of rotatable bonds is 5. The molecule has 2 aromatic rings. The Morgan fingerprint density at radius 1 is 1.43 bits per heavy atom. The number of aryl methyl sites for hydroxylation is 1. The molecule has 1 amide bonds. The molecule has 2 atom stereocenters. The standard InChI is InChI=1S/C17H21N3O2S/c1-11-16(23-10-19-11)13-4-2-12(3-5-13)6-7-20-9-14(21)8-15(20)17(18)22/h2-5,10,14-15,21H,6-9H2,1H3,(H2,18,22). The van der Waals surface area contributed by atoms with Crippen molar-refractivity contribution in [3.8, 4) is 10.4 Å². The molecule has 2 heterocycles. The van der Waals surface area contributed by atoms with Gasteiger partial charge in [-0.25, -0.2) is 4.98 Å². The van der Waals surface area contributed by atoms with Crippen LogP contribution in [-0.2, 0) is 11.2 Å². The van der Waals surface area contributed by atoms with E-state index in [2.05, 4.69) is 29.2 Å². The summed E-state index contributed by atoms with van der Waals surface area (Å²) in [6.07, 6.45) is 0.821. The predicted octanol–water partition coefficient (Wildman–Crippen LogP) is 1.58. The summed E-state index contributed by atoms with van der Waals surface area (Å²) in [5.41, 5.74) is 10.7. The van der Waals surface area contributed by atoms with Crippen LogP contribution < -0.4 is 5.73 Å². The summed E-state index contributed by atoms with van der Waals surface area (Å²) in [4.78, 5) is 18.9. The van der Waals surface area contributed by atoms with Gasteiger partial charge in [-0.3, -0.25) is 9.69 Å². The Kier molecular flexibility index (Phi) is 4.75. The number of hydrogen-bond acceptors (Lipinski definition) is 5. The van der Waals surface area contributed by atoms with Crippen LogP contribution in [0.4, 0.5) is 0 Å². The lowest BCUT2D eigenvalue weighted by Crippen LogP contribution is -2.41. The van der Waals surface area contributed by atoms with Crippen LogP contribution in [0.1, 0.15) is 17.7 Å². The van der Waals surface area contributed by atoms with Crippen LogP contribution in [-0.4, -0.2) is 46.1 Å². The second-order valence-electron chi connectivity index (χ2n) is 6.02. The van der Waals surface area contributed by atoms with Crippen LogP contribution in [0.25, 0.3) is 10.4 Å². The first-order chi connectivity index (χ1) is 11.0. The van der Waals surface area contributed by atoms with Crippen molar-refractivity contribution in [2.45, 2.75) is 31.9 Å². The zero-order valence-corrected chi connectivity index (χ0v) is 13.9. The maximum Gasteiger partial charge on any atom is 0.234 e. The third-order valence-corrected chi connectivity index (χ3v) is 5.34. The molecular weight excluding hydrogens is 310 g/mol. The number of β-amino-alcohol motifs (C(OH)–C–C–N with tert-alkyl or cyclic N) is 1. The molecule has 3 rings (SSSR count). The third kappa shape index (κ3) is 3.60. The van der Waals surface area contributed by atoms with Gasteiger partial charge in [-0.05, 0) is 30.9 Å². The Hall–Kier alpha value is -1.76. The second-order valence-corrected chi connectivity index (χ2v) is 6.87. The van der Waals surface area contributed by atoms with Gasteiger partial charge in [0, 0.05) is 13.1 Å². The van der Waals surface area contributed by atoms with Crippen molar-refractivity contribution in [1.82, 2.24) is 9.88 Å². The summed E-state index contributed by atoms with van der Waals surface area (Å²) < 4.78 is 0. The number of nitrogens with zero attached hydrogens (tertiary/aromatic N) is 2. The van der Waals surface area contributed by atoms with Crippen LogP contribution in [0.15, 0.2) is 29.8 Å². The van der Waals surface area contributed by atoms with Gasteiger partial charge in [-0.2, -0.15) is 0 Å². The van der Waals surface area contributed by atoms with E-state index in [4.69, 9.17) is 5.73 Å². The molecule has 1 aromatic heterocycles. The number of aliphatic hydroxyl groups is 1. The largest absolute Gasteiger partial charge is 0.392 e. The zero-order valence-electron chi connectivity index (χ0n) is 13.1. The number of carbonyl (C=O) groups excluding carboxylic acids is 1. The van der Waals surface area contributed by atoms with Gasteiger partial charge in [0.1, 0.15) is 0 Å². The number of aliphatic hydroxyl groups excluding tert-OH is 1. The molecule has 23 heavy (non-hydrogen) atoms. The minimum absolute atomic E-state index is 0.343. The quantitative estimate of drug-likeness (QED) is 0.872. The summed E-state index contributed by atoms with van der Waals surface area (Å²) >= 11 is 1.65. The van der Waals surface area contributed by atoms with Gasteiger partial charge < -0.3 is 10.8 Å². The number of likely N-dealkylation sites (tertiary alicyclic amines) is 1. The molecule has 5 nitrogen and oxygen atoms in total. The van der Waals surface area contributed by atoms with Gasteiger partial charge in [0.25, 0.3) is 0 Å². The van der Waals surface area contributed by atoms with Crippen molar-refractivity contribution >= 4 is 17.2 Å². The Balaban J connectivity index is 1.63. The Labute approximate surface area is 139 Å². The summed E-state index contributed by atoms with van der Waals surface area (Å²) in [7, 11) is 0. The van der Waals surface area contributed by atoms with Crippen molar-refractivity contribution in [2.24, 2.45) is 5.73 Å². The summed E-state index contributed by atoms with van der Waals surface area (Å²) in [6, 6.07) is 8.10. The number of carbonyl (C=O) groups is 1. The van der Waals surface area contributed by atoms with E-state index in [9.17, 15) is 9.90 Å². The van der Waals surface area contributed by atoms with E-state index < -0.39 is 6.10 Å². The van der Waals surface area contributed by atoms with Crippen LogP contribution in [0.3, 0.4) is 0 Å². The van der Waals surface area contributed by atoms with Gasteiger partial charge in [-0.15, -0.1) is 11.3 Å². The van der Waals surface area contributed by atoms with E-state index in [1.54, 1.807) is 11.3 Å². The Morgan fingerprint density at radius 2 is 2.17 bits per heavy atom. The van der Waals surface area contributed by atoms with Gasteiger partial charge >= 0.3 is 0 Å². The molecule has 6 heteroatoms. The number of amides is 1. The monoisotopic (exact) mass is 331 g/mol. The van der Waals surface area contributed by atoms with Gasteiger partial charge in [0.2, 0.25) is 5.91 Å². The SMILES string of the molecule is Cc1ncsc1-c1ccc(CCN2CC(O)CC2C(N)=O)cc1. The first kappa shape index (κ1) is 16.1. The highest BCUT2D eigenvalue weighted by atomic mass is 32.1. The maximum absolute atomic E-state index is 11.4. The number of aromatic nitrogens is 1. The highest BCUT2D eigenvalue weighted by molar-refractivity contribution is 7.13. The highest BCUT2D eigenvalue weighted by Gasteiger charge is 2.34. The van der Waals surface area contributed by atoms with Crippen molar-refractivity contribution in [2.75, 3.05) is 13.1 Å². The molecule has 0 aliphatic carbocycles. The molecule has 1 aromatic carbocycles. The van der Waals surface area contributed by atoms with Crippen LogP contribution in [0.5, 0.6) is 0 Å². The fraction of sp³-hybridized carbons (Fsp3) is 0.412. The van der Waals surface area contributed by atoms with E-state index >= 15 is 0 Å². The molecule has 1 saturated heterocycles. The molecule has 0 radical (unpaired) electrons. The zero-order chi connectivity index (χ0) is 16.4. The molecule has 1 aliphatic rings. The molecule has 1 fully saturated rings. The molecule has 1 aliphatic heterocycles. The average molecular weight is 331 g/mol. The number of benzene rings is 1. The molecule has 3 N–H and O–H groups in total. The van der Waals surface area contributed by atoms with E-state index in [1.165, 1.54) is 16.0 Å². The molecule has 0 saturated carbocycles. The smallest absolute Gasteiger partial charge is 0.234 e. The number of hydrogen-bond donors (Lipinski definition) is 2.